The summed E-state index contributed by atoms with van der Waals surface area (Å²) >= 11 is 11.2. The van der Waals surface area contributed by atoms with Gasteiger partial charge >= 0.3 is 0 Å². The van der Waals surface area contributed by atoms with Gasteiger partial charge in [-0.1, -0.05) is 11.6 Å². The second kappa shape index (κ2) is 5.84. The van der Waals surface area contributed by atoms with E-state index in [-0.39, 0.29) is 22.2 Å². The Morgan fingerprint density at radius 3 is 2.71 bits per heavy atom. The molecule has 17 heavy (non-hydrogen) atoms. The van der Waals surface area contributed by atoms with Gasteiger partial charge in [-0.15, -0.1) is 11.6 Å². The number of nitro groups is 1. The number of benzene rings is 1. The van der Waals surface area contributed by atoms with Crippen molar-refractivity contribution in [2.45, 2.75) is 0 Å². The number of nitro benzene ring substituents is 1. The first-order valence-corrected chi connectivity index (χ1v) is 5.64. The van der Waals surface area contributed by atoms with Crippen molar-refractivity contribution in [2.75, 3.05) is 19.5 Å². The fraction of sp³-hybridized carbons (Fsp3) is 0.300. The summed E-state index contributed by atoms with van der Waals surface area (Å²) in [6, 6.07) is 3.94. The van der Waals surface area contributed by atoms with E-state index in [2.05, 4.69) is 0 Å². The molecule has 0 aliphatic rings. The highest BCUT2D eigenvalue weighted by Gasteiger charge is 2.22. The Bertz CT molecular complexity index is 451. The molecule has 0 saturated carbocycles. The Labute approximate surface area is 108 Å². The minimum atomic E-state index is -0.631. The van der Waals surface area contributed by atoms with Crippen LogP contribution in [0.3, 0.4) is 0 Å². The molecule has 5 nitrogen and oxygen atoms in total. The molecule has 1 aromatic carbocycles. The molecular formula is C10H10Cl2N2O3. The van der Waals surface area contributed by atoms with E-state index in [9.17, 15) is 14.9 Å². The summed E-state index contributed by atoms with van der Waals surface area (Å²) in [6.45, 7) is 0.320. The standard InChI is InChI=1S/C10H10Cl2N2O3/c1-13(5-4-11)10(15)8-3-2-7(12)6-9(8)14(16)17/h2-3,6H,4-5H2,1H3. The minimum Gasteiger partial charge on any atom is -0.340 e. The van der Waals surface area contributed by atoms with E-state index in [0.717, 1.165) is 6.07 Å². The van der Waals surface area contributed by atoms with E-state index in [1.54, 1.807) is 0 Å². The van der Waals surface area contributed by atoms with E-state index in [0.29, 0.717) is 6.54 Å². The summed E-state index contributed by atoms with van der Waals surface area (Å²) in [5.41, 5.74) is -0.295. The lowest BCUT2D eigenvalue weighted by Crippen LogP contribution is -2.29. The number of hydrogen-bond acceptors (Lipinski definition) is 3. The molecule has 1 amide bonds. The summed E-state index contributed by atoms with van der Waals surface area (Å²) in [6.07, 6.45) is 0. The van der Waals surface area contributed by atoms with Crippen molar-refractivity contribution in [3.8, 4) is 0 Å². The summed E-state index contributed by atoms with van der Waals surface area (Å²) < 4.78 is 0. The minimum absolute atomic E-state index is 0.00650. The number of carbonyl (C=O) groups is 1. The molecular weight excluding hydrogens is 267 g/mol. The predicted octanol–water partition coefficient (Wildman–Crippen LogP) is 2.56. The Balaban J connectivity index is 3.13. The normalized spacial score (nSPS) is 10.1. The first-order valence-electron chi connectivity index (χ1n) is 4.72. The first kappa shape index (κ1) is 13.7. The Hall–Kier alpha value is -1.33. The lowest BCUT2D eigenvalue weighted by molar-refractivity contribution is -0.385. The van der Waals surface area contributed by atoms with E-state index in [4.69, 9.17) is 23.2 Å². The zero-order chi connectivity index (χ0) is 13.0. The molecule has 1 rings (SSSR count). The zero-order valence-corrected chi connectivity index (χ0v) is 10.5. The van der Waals surface area contributed by atoms with Gasteiger partial charge in [0.05, 0.1) is 4.92 Å². The molecule has 0 atom stereocenters. The monoisotopic (exact) mass is 276 g/mol. The molecule has 7 heteroatoms. The van der Waals surface area contributed by atoms with Gasteiger partial charge in [-0.25, -0.2) is 0 Å². The zero-order valence-electron chi connectivity index (χ0n) is 9.02. The van der Waals surface area contributed by atoms with Crippen LogP contribution in [-0.2, 0) is 0 Å². The van der Waals surface area contributed by atoms with Crippen LogP contribution in [-0.4, -0.2) is 35.2 Å². The number of nitrogens with zero attached hydrogens (tertiary/aromatic N) is 2. The molecule has 0 heterocycles. The third-order valence-electron chi connectivity index (χ3n) is 2.15. The second-order valence-electron chi connectivity index (χ2n) is 3.33. The Kier molecular flexibility index (Phi) is 4.72. The number of carbonyl (C=O) groups excluding carboxylic acids is 1. The van der Waals surface area contributed by atoms with Crippen LogP contribution in [0.15, 0.2) is 18.2 Å². The largest absolute Gasteiger partial charge is 0.340 e. The van der Waals surface area contributed by atoms with Crippen molar-refractivity contribution >= 4 is 34.8 Å². The number of hydrogen-bond donors (Lipinski definition) is 0. The van der Waals surface area contributed by atoms with Crippen LogP contribution in [0.1, 0.15) is 10.4 Å². The molecule has 0 radical (unpaired) electrons. The molecule has 1 aromatic rings. The van der Waals surface area contributed by atoms with Gasteiger partial charge in [0.1, 0.15) is 5.56 Å². The first-order chi connectivity index (χ1) is 7.97. The quantitative estimate of drug-likeness (QED) is 0.482. The maximum atomic E-state index is 11.9. The van der Waals surface area contributed by atoms with E-state index in [1.165, 1.54) is 24.1 Å². The number of halogens is 2. The summed E-state index contributed by atoms with van der Waals surface area (Å²) in [5.74, 6) is -0.182. The molecule has 0 aromatic heterocycles. The van der Waals surface area contributed by atoms with Gasteiger partial charge in [0.15, 0.2) is 0 Å². The highest BCUT2D eigenvalue weighted by atomic mass is 35.5. The fourth-order valence-electron chi connectivity index (χ4n) is 1.27. The van der Waals surface area contributed by atoms with Crippen molar-refractivity contribution in [3.05, 3.63) is 38.9 Å². The molecule has 0 N–H and O–H groups in total. The van der Waals surface area contributed by atoms with Gasteiger partial charge in [0, 0.05) is 30.6 Å². The molecule has 0 spiro atoms. The van der Waals surface area contributed by atoms with Crippen LogP contribution in [0.2, 0.25) is 5.02 Å². The number of amides is 1. The van der Waals surface area contributed by atoms with Crippen LogP contribution < -0.4 is 0 Å². The van der Waals surface area contributed by atoms with Crippen LogP contribution >= 0.6 is 23.2 Å². The van der Waals surface area contributed by atoms with Crippen molar-refractivity contribution in [1.29, 1.82) is 0 Å². The van der Waals surface area contributed by atoms with Crippen molar-refractivity contribution < 1.29 is 9.72 Å². The third-order valence-corrected chi connectivity index (χ3v) is 2.56. The smallest absolute Gasteiger partial charge is 0.283 e. The maximum Gasteiger partial charge on any atom is 0.283 e. The van der Waals surface area contributed by atoms with Crippen LogP contribution in [0.25, 0.3) is 0 Å². The van der Waals surface area contributed by atoms with E-state index >= 15 is 0 Å². The average Bonchev–Trinajstić information content (AvgIpc) is 2.28. The van der Waals surface area contributed by atoms with Gasteiger partial charge < -0.3 is 4.90 Å². The molecule has 92 valence electrons. The van der Waals surface area contributed by atoms with Crippen molar-refractivity contribution in [1.82, 2.24) is 4.90 Å². The van der Waals surface area contributed by atoms with E-state index in [1.807, 2.05) is 0 Å². The predicted molar refractivity (Wildman–Crippen MR) is 65.8 cm³/mol. The van der Waals surface area contributed by atoms with Gasteiger partial charge in [-0.05, 0) is 12.1 Å². The highest BCUT2D eigenvalue weighted by molar-refractivity contribution is 6.31. The summed E-state index contributed by atoms with van der Waals surface area (Å²) in [5, 5.41) is 11.0. The van der Waals surface area contributed by atoms with Crippen LogP contribution in [0.4, 0.5) is 5.69 Å². The fourth-order valence-corrected chi connectivity index (χ4v) is 1.69. The van der Waals surface area contributed by atoms with Gasteiger partial charge in [0.2, 0.25) is 0 Å². The molecule has 0 aliphatic heterocycles. The topological polar surface area (TPSA) is 63.5 Å². The second-order valence-corrected chi connectivity index (χ2v) is 4.15. The molecule has 0 unspecified atom stereocenters. The third kappa shape index (κ3) is 3.31. The summed E-state index contributed by atoms with van der Waals surface area (Å²) in [4.78, 5) is 23.4. The maximum absolute atomic E-state index is 11.9. The van der Waals surface area contributed by atoms with Crippen LogP contribution in [0.5, 0.6) is 0 Å². The number of rotatable bonds is 4. The molecule has 0 saturated heterocycles. The molecule has 0 bridgehead atoms. The highest BCUT2D eigenvalue weighted by Crippen LogP contribution is 2.24. The Morgan fingerprint density at radius 2 is 2.18 bits per heavy atom. The summed E-state index contributed by atoms with van der Waals surface area (Å²) in [7, 11) is 1.53. The number of alkyl halides is 1. The Morgan fingerprint density at radius 1 is 1.53 bits per heavy atom. The SMILES string of the molecule is CN(CCCl)C(=O)c1ccc(Cl)cc1[N+](=O)[O-]. The molecule has 0 aliphatic carbocycles. The van der Waals surface area contributed by atoms with Gasteiger partial charge in [-0.2, -0.15) is 0 Å². The van der Waals surface area contributed by atoms with Gasteiger partial charge in [0.25, 0.3) is 11.6 Å². The van der Waals surface area contributed by atoms with Crippen LogP contribution in [0, 0.1) is 10.1 Å². The lowest BCUT2D eigenvalue weighted by atomic mass is 10.1. The van der Waals surface area contributed by atoms with E-state index < -0.39 is 10.8 Å². The van der Waals surface area contributed by atoms with Crippen molar-refractivity contribution in [2.24, 2.45) is 0 Å². The van der Waals surface area contributed by atoms with Crippen molar-refractivity contribution in [3.63, 3.8) is 0 Å². The lowest BCUT2D eigenvalue weighted by Gasteiger charge is -2.15. The van der Waals surface area contributed by atoms with Gasteiger partial charge in [-0.3, -0.25) is 14.9 Å². The molecule has 0 fully saturated rings. The average molecular weight is 277 g/mol.